The molecule has 3 rings (SSSR count). The number of nitrogen functional groups attached to an aromatic ring is 1. The first kappa shape index (κ1) is 16.5. The van der Waals surface area contributed by atoms with Gasteiger partial charge in [0.2, 0.25) is 11.9 Å². The van der Waals surface area contributed by atoms with Crippen LogP contribution in [0.3, 0.4) is 0 Å². The molecule has 0 saturated heterocycles. The van der Waals surface area contributed by atoms with Crippen molar-refractivity contribution in [2.45, 2.75) is 17.6 Å². The molecule has 5 nitrogen and oxygen atoms in total. The predicted molar refractivity (Wildman–Crippen MR) is 99.7 cm³/mol. The van der Waals surface area contributed by atoms with Crippen LogP contribution in [0.5, 0.6) is 0 Å². The van der Waals surface area contributed by atoms with Crippen molar-refractivity contribution in [1.82, 2.24) is 15.0 Å². The number of nitrogens with zero attached hydrogens (tertiary/aromatic N) is 3. The van der Waals surface area contributed by atoms with Crippen molar-refractivity contribution in [3.63, 3.8) is 0 Å². The predicted octanol–water partition coefficient (Wildman–Crippen LogP) is 4.45. The van der Waals surface area contributed by atoms with Crippen LogP contribution in [-0.2, 0) is 5.75 Å². The second-order valence-electron chi connectivity index (χ2n) is 5.17. The van der Waals surface area contributed by atoms with Gasteiger partial charge in [-0.15, -0.1) is 11.8 Å². The van der Waals surface area contributed by atoms with Crippen LogP contribution >= 0.6 is 23.4 Å². The molecule has 0 fully saturated rings. The molecule has 0 aliphatic carbocycles. The number of benzene rings is 2. The largest absolute Gasteiger partial charge is 0.368 e. The maximum absolute atomic E-state index is 5.89. The normalized spacial score (nSPS) is 10.6. The van der Waals surface area contributed by atoms with Gasteiger partial charge in [0.25, 0.3) is 0 Å². The Morgan fingerprint density at radius 3 is 2.42 bits per heavy atom. The van der Waals surface area contributed by atoms with E-state index < -0.39 is 0 Å². The van der Waals surface area contributed by atoms with Crippen LogP contribution in [-0.4, -0.2) is 15.0 Å². The molecule has 0 radical (unpaired) electrons. The molecule has 0 unspecified atom stereocenters. The summed E-state index contributed by atoms with van der Waals surface area (Å²) in [7, 11) is 0. The summed E-state index contributed by atoms with van der Waals surface area (Å²) in [6.45, 7) is 2.04. The number of aryl methyl sites for hydroxylation is 1. The lowest BCUT2D eigenvalue weighted by Gasteiger charge is -2.07. The molecule has 0 aliphatic heterocycles. The highest BCUT2D eigenvalue weighted by molar-refractivity contribution is 7.98. The second-order valence-corrected chi connectivity index (χ2v) is 6.65. The molecule has 0 bridgehead atoms. The fourth-order valence-corrected chi connectivity index (χ4v) is 2.88. The molecule has 0 aliphatic rings. The summed E-state index contributed by atoms with van der Waals surface area (Å²) in [5, 5.41) is 3.87. The smallest absolute Gasteiger partial charge is 0.232 e. The van der Waals surface area contributed by atoms with Gasteiger partial charge in [0.1, 0.15) is 5.82 Å². The van der Waals surface area contributed by atoms with Gasteiger partial charge in [0, 0.05) is 15.6 Å². The zero-order valence-electron chi connectivity index (χ0n) is 13.0. The van der Waals surface area contributed by atoms with Crippen LogP contribution in [0.25, 0.3) is 0 Å². The molecule has 3 N–H and O–H groups in total. The summed E-state index contributed by atoms with van der Waals surface area (Å²) in [6.07, 6.45) is 0. The fraction of sp³-hybridized carbons (Fsp3) is 0.118. The Labute approximate surface area is 149 Å². The van der Waals surface area contributed by atoms with E-state index in [9.17, 15) is 0 Å². The minimum Gasteiger partial charge on any atom is -0.368 e. The molecule has 7 heteroatoms. The first-order valence-corrected chi connectivity index (χ1v) is 8.67. The number of nitrogens with one attached hydrogen (secondary N) is 1. The van der Waals surface area contributed by atoms with Crippen molar-refractivity contribution >= 4 is 40.9 Å². The van der Waals surface area contributed by atoms with Gasteiger partial charge in [-0.2, -0.15) is 15.0 Å². The molecule has 0 spiro atoms. The highest BCUT2D eigenvalue weighted by atomic mass is 35.5. The van der Waals surface area contributed by atoms with E-state index in [1.54, 1.807) is 11.8 Å². The Balaban J connectivity index is 1.71. The van der Waals surface area contributed by atoms with E-state index in [2.05, 4.69) is 20.3 Å². The third kappa shape index (κ3) is 4.59. The lowest BCUT2D eigenvalue weighted by molar-refractivity contribution is 0.982. The monoisotopic (exact) mass is 357 g/mol. The van der Waals surface area contributed by atoms with E-state index in [1.807, 2.05) is 55.5 Å². The van der Waals surface area contributed by atoms with Crippen LogP contribution in [0.4, 0.5) is 17.6 Å². The third-order valence-corrected chi connectivity index (χ3v) is 4.45. The highest BCUT2D eigenvalue weighted by Gasteiger charge is 2.06. The summed E-state index contributed by atoms with van der Waals surface area (Å²) >= 11 is 7.50. The van der Waals surface area contributed by atoms with Crippen LogP contribution in [0.1, 0.15) is 11.4 Å². The van der Waals surface area contributed by atoms with Gasteiger partial charge in [-0.3, -0.25) is 0 Å². The van der Waals surface area contributed by atoms with E-state index >= 15 is 0 Å². The lowest BCUT2D eigenvalue weighted by Crippen LogP contribution is -2.06. The Morgan fingerprint density at radius 1 is 1.00 bits per heavy atom. The molecule has 1 heterocycles. The Bertz CT molecular complexity index is 821. The van der Waals surface area contributed by atoms with Crippen LogP contribution in [0.2, 0.25) is 5.02 Å². The van der Waals surface area contributed by atoms with Crippen molar-refractivity contribution in [3.05, 3.63) is 64.9 Å². The van der Waals surface area contributed by atoms with Crippen molar-refractivity contribution in [2.75, 3.05) is 11.1 Å². The zero-order chi connectivity index (χ0) is 16.9. The van der Waals surface area contributed by atoms with Gasteiger partial charge >= 0.3 is 0 Å². The number of hydrogen-bond acceptors (Lipinski definition) is 6. The van der Waals surface area contributed by atoms with Gasteiger partial charge in [0.05, 0.1) is 5.75 Å². The first-order chi connectivity index (χ1) is 11.6. The summed E-state index contributed by atoms with van der Waals surface area (Å²) < 4.78 is 0. The van der Waals surface area contributed by atoms with E-state index in [1.165, 1.54) is 5.56 Å². The van der Waals surface area contributed by atoms with Crippen molar-refractivity contribution in [1.29, 1.82) is 0 Å². The number of anilines is 3. The molecule has 0 atom stereocenters. The molecular formula is C17H16ClN5S. The van der Waals surface area contributed by atoms with Gasteiger partial charge < -0.3 is 11.1 Å². The summed E-state index contributed by atoms with van der Waals surface area (Å²) in [6, 6.07) is 15.6. The standard InChI is InChI=1S/C17H16ClN5S/c1-11-2-6-13(7-3-11)20-17-22-15(21-16(19)23-17)10-24-14-8-4-12(18)5-9-14/h2-9H,10H2,1H3,(H3,19,20,21,22,23). The van der Waals surface area contributed by atoms with Gasteiger partial charge in [-0.1, -0.05) is 29.3 Å². The number of aromatic nitrogens is 3. The molecule has 0 saturated carbocycles. The molecule has 2 aromatic carbocycles. The van der Waals surface area contributed by atoms with Crippen LogP contribution in [0, 0.1) is 6.92 Å². The molecule has 0 amide bonds. The summed E-state index contributed by atoms with van der Waals surface area (Å²) in [5.74, 6) is 1.86. The van der Waals surface area contributed by atoms with Crippen LogP contribution < -0.4 is 11.1 Å². The number of rotatable bonds is 5. The van der Waals surface area contributed by atoms with E-state index in [4.69, 9.17) is 17.3 Å². The Hall–Kier alpha value is -2.31. The second kappa shape index (κ2) is 7.51. The quantitative estimate of drug-likeness (QED) is 0.657. The number of halogens is 1. The van der Waals surface area contributed by atoms with Crippen molar-refractivity contribution in [2.24, 2.45) is 0 Å². The summed E-state index contributed by atoms with van der Waals surface area (Å²) in [4.78, 5) is 13.8. The van der Waals surface area contributed by atoms with Crippen molar-refractivity contribution < 1.29 is 0 Å². The lowest BCUT2D eigenvalue weighted by atomic mass is 10.2. The fourth-order valence-electron chi connectivity index (χ4n) is 2.00. The van der Waals surface area contributed by atoms with Gasteiger partial charge in [0.15, 0.2) is 0 Å². The van der Waals surface area contributed by atoms with Gasteiger partial charge in [-0.25, -0.2) is 0 Å². The van der Waals surface area contributed by atoms with Crippen molar-refractivity contribution in [3.8, 4) is 0 Å². The van der Waals surface area contributed by atoms with E-state index in [0.717, 1.165) is 10.6 Å². The summed E-state index contributed by atoms with van der Waals surface area (Å²) in [5.41, 5.74) is 7.89. The molecular weight excluding hydrogens is 342 g/mol. The SMILES string of the molecule is Cc1ccc(Nc2nc(N)nc(CSc3ccc(Cl)cc3)n2)cc1. The number of hydrogen-bond donors (Lipinski definition) is 2. The average molecular weight is 358 g/mol. The molecule has 1 aromatic heterocycles. The minimum atomic E-state index is 0.200. The average Bonchev–Trinajstić information content (AvgIpc) is 2.56. The van der Waals surface area contributed by atoms with E-state index in [-0.39, 0.29) is 5.95 Å². The van der Waals surface area contributed by atoms with Crippen LogP contribution in [0.15, 0.2) is 53.4 Å². The minimum absolute atomic E-state index is 0.200. The number of thioether (sulfide) groups is 1. The third-order valence-electron chi connectivity index (χ3n) is 3.19. The molecule has 122 valence electrons. The molecule has 3 aromatic rings. The Morgan fingerprint density at radius 2 is 1.71 bits per heavy atom. The zero-order valence-corrected chi connectivity index (χ0v) is 14.6. The van der Waals surface area contributed by atoms with E-state index in [0.29, 0.717) is 22.5 Å². The molecule has 24 heavy (non-hydrogen) atoms. The highest BCUT2D eigenvalue weighted by Crippen LogP contribution is 2.24. The number of nitrogens with two attached hydrogens (primary N) is 1. The van der Waals surface area contributed by atoms with Gasteiger partial charge in [-0.05, 0) is 43.3 Å². The first-order valence-electron chi connectivity index (χ1n) is 7.31. The maximum Gasteiger partial charge on any atom is 0.232 e. The Kier molecular flexibility index (Phi) is 5.17. The maximum atomic E-state index is 5.89. The topological polar surface area (TPSA) is 76.7 Å².